The summed E-state index contributed by atoms with van der Waals surface area (Å²) in [7, 11) is 0. The molecule has 0 aliphatic rings. The number of rotatable bonds is 11. The summed E-state index contributed by atoms with van der Waals surface area (Å²) in [5, 5.41) is 0. The molecule has 1 aromatic heterocycles. The van der Waals surface area contributed by atoms with Gasteiger partial charge in [0.15, 0.2) is 0 Å². The van der Waals surface area contributed by atoms with Crippen LogP contribution in [0.4, 0.5) is 0 Å². The van der Waals surface area contributed by atoms with Crippen molar-refractivity contribution in [3.8, 4) is 17.1 Å². The molecule has 3 rings (SSSR count). The van der Waals surface area contributed by atoms with Gasteiger partial charge in [0.2, 0.25) is 0 Å². The van der Waals surface area contributed by atoms with E-state index in [-0.39, 0.29) is 0 Å². The van der Waals surface area contributed by atoms with E-state index in [1.54, 1.807) is 0 Å². The molecule has 0 amide bonds. The Bertz CT molecular complexity index is 888. The number of benzene rings is 2. The average molecular weight is 403 g/mol. The summed E-state index contributed by atoms with van der Waals surface area (Å²) in [6, 6.07) is 17.6. The highest BCUT2D eigenvalue weighted by Gasteiger charge is 2.23. The molecule has 0 radical (unpaired) electrons. The third kappa shape index (κ3) is 4.86. The molecule has 0 N–H and O–H groups in total. The summed E-state index contributed by atoms with van der Waals surface area (Å²) >= 11 is 0. The van der Waals surface area contributed by atoms with Crippen LogP contribution in [-0.4, -0.2) is 9.55 Å². The molecule has 3 aromatic rings. The van der Waals surface area contributed by atoms with Crippen LogP contribution in [0.15, 0.2) is 60.9 Å². The monoisotopic (exact) mass is 402 g/mol. The van der Waals surface area contributed by atoms with Crippen molar-refractivity contribution < 1.29 is 0 Å². The molecule has 1 atom stereocenters. The van der Waals surface area contributed by atoms with Crippen LogP contribution in [0.1, 0.15) is 95.6 Å². The van der Waals surface area contributed by atoms with Crippen LogP contribution in [-0.2, 0) is 0 Å². The van der Waals surface area contributed by atoms with Gasteiger partial charge in [-0.25, -0.2) is 4.98 Å². The Balaban J connectivity index is 2.24. The van der Waals surface area contributed by atoms with Gasteiger partial charge in [-0.05, 0) is 48.6 Å². The van der Waals surface area contributed by atoms with Gasteiger partial charge in [0.25, 0.3) is 0 Å². The van der Waals surface area contributed by atoms with E-state index in [0.717, 1.165) is 5.82 Å². The third-order valence-corrected chi connectivity index (χ3v) is 6.30. The molecule has 160 valence electrons. The van der Waals surface area contributed by atoms with E-state index in [1.165, 1.54) is 67.3 Å². The maximum atomic E-state index is 4.79. The second-order valence-electron chi connectivity index (χ2n) is 8.44. The van der Waals surface area contributed by atoms with Gasteiger partial charge in [-0.3, -0.25) is 4.57 Å². The van der Waals surface area contributed by atoms with Crippen LogP contribution in [0.3, 0.4) is 0 Å². The molecule has 0 spiro atoms. The highest BCUT2D eigenvalue weighted by atomic mass is 15.1. The van der Waals surface area contributed by atoms with Crippen molar-refractivity contribution in [2.75, 3.05) is 0 Å². The van der Waals surface area contributed by atoms with Crippen LogP contribution in [0.25, 0.3) is 17.1 Å². The van der Waals surface area contributed by atoms with E-state index >= 15 is 0 Å². The first-order valence-corrected chi connectivity index (χ1v) is 12.0. The predicted octanol–water partition coefficient (Wildman–Crippen LogP) is 8.52. The summed E-state index contributed by atoms with van der Waals surface area (Å²) in [5.41, 5.74) is 5.56. The molecule has 2 aromatic carbocycles. The molecule has 2 nitrogen and oxygen atoms in total. The fourth-order valence-corrected chi connectivity index (χ4v) is 4.88. The Kier molecular flexibility index (Phi) is 8.30. The number of hydrogen-bond donors (Lipinski definition) is 0. The summed E-state index contributed by atoms with van der Waals surface area (Å²) in [6.45, 7) is 9.25. The zero-order valence-electron chi connectivity index (χ0n) is 19.3. The number of para-hydroxylation sites is 1. The lowest BCUT2D eigenvalue weighted by molar-refractivity contribution is 0.553. The number of imidazole rings is 1. The first kappa shape index (κ1) is 22.3. The molecular weight excluding hydrogens is 364 g/mol. The van der Waals surface area contributed by atoms with Crippen LogP contribution < -0.4 is 0 Å². The summed E-state index contributed by atoms with van der Waals surface area (Å²) < 4.78 is 2.37. The van der Waals surface area contributed by atoms with Crippen molar-refractivity contribution in [2.24, 2.45) is 0 Å². The van der Waals surface area contributed by atoms with E-state index < -0.39 is 0 Å². The van der Waals surface area contributed by atoms with E-state index in [0.29, 0.717) is 11.8 Å². The molecular formula is C28H38N2. The van der Waals surface area contributed by atoms with Crippen molar-refractivity contribution in [1.82, 2.24) is 9.55 Å². The van der Waals surface area contributed by atoms with Crippen molar-refractivity contribution in [2.45, 2.75) is 84.5 Å². The van der Waals surface area contributed by atoms with Gasteiger partial charge in [-0.15, -0.1) is 0 Å². The van der Waals surface area contributed by atoms with Gasteiger partial charge in [0.1, 0.15) is 5.82 Å². The van der Waals surface area contributed by atoms with E-state index in [2.05, 4.69) is 87.0 Å². The Morgan fingerprint density at radius 2 is 1.33 bits per heavy atom. The molecule has 1 heterocycles. The van der Waals surface area contributed by atoms with Crippen LogP contribution in [0.2, 0.25) is 0 Å². The number of nitrogens with zero attached hydrogens (tertiary/aromatic N) is 2. The molecule has 0 saturated carbocycles. The van der Waals surface area contributed by atoms with Gasteiger partial charge in [0, 0.05) is 18.0 Å². The molecule has 0 aliphatic heterocycles. The van der Waals surface area contributed by atoms with Crippen molar-refractivity contribution in [3.63, 3.8) is 0 Å². The van der Waals surface area contributed by atoms with E-state index in [9.17, 15) is 0 Å². The van der Waals surface area contributed by atoms with Crippen LogP contribution in [0, 0.1) is 0 Å². The minimum absolute atomic E-state index is 0.583. The van der Waals surface area contributed by atoms with E-state index in [4.69, 9.17) is 4.98 Å². The second kappa shape index (κ2) is 11.2. The lowest BCUT2D eigenvalue weighted by atomic mass is 9.83. The average Bonchev–Trinajstić information content (AvgIpc) is 3.27. The first-order valence-electron chi connectivity index (χ1n) is 12.0. The second-order valence-corrected chi connectivity index (χ2v) is 8.44. The maximum absolute atomic E-state index is 4.79. The molecule has 0 bridgehead atoms. The molecule has 2 heteroatoms. The largest absolute Gasteiger partial charge is 0.299 e. The molecule has 0 fully saturated rings. The molecule has 30 heavy (non-hydrogen) atoms. The maximum Gasteiger partial charge on any atom is 0.144 e. The van der Waals surface area contributed by atoms with Gasteiger partial charge < -0.3 is 0 Å². The SMILES string of the molecule is CCCC(CC)c1cccc(C(CCC)CCC)c1-n1ccnc1-c1ccccc1. The molecule has 1 unspecified atom stereocenters. The quantitative estimate of drug-likeness (QED) is 0.314. The topological polar surface area (TPSA) is 17.8 Å². The standard InChI is InChI=1S/C28H38N2/c1-5-13-22(8-4)25-18-12-19-26(23(14-6-2)15-7-3)27(25)30-21-20-29-28(30)24-16-10-9-11-17-24/h9-12,16-23H,5-8,13-15H2,1-4H3. The Hall–Kier alpha value is -2.35. The normalized spacial score (nSPS) is 12.4. The van der Waals surface area contributed by atoms with Crippen LogP contribution in [0.5, 0.6) is 0 Å². The van der Waals surface area contributed by atoms with Gasteiger partial charge in [-0.2, -0.15) is 0 Å². The minimum atomic E-state index is 0.583. The van der Waals surface area contributed by atoms with Crippen molar-refractivity contribution in [3.05, 3.63) is 72.1 Å². The number of hydrogen-bond acceptors (Lipinski definition) is 1. The van der Waals surface area contributed by atoms with Crippen molar-refractivity contribution in [1.29, 1.82) is 0 Å². The van der Waals surface area contributed by atoms with Gasteiger partial charge in [-0.1, -0.05) is 95.5 Å². The lowest BCUT2D eigenvalue weighted by Crippen LogP contribution is -2.12. The number of aromatic nitrogens is 2. The van der Waals surface area contributed by atoms with Crippen molar-refractivity contribution >= 4 is 0 Å². The molecule has 0 saturated heterocycles. The van der Waals surface area contributed by atoms with Gasteiger partial charge in [0.05, 0.1) is 5.69 Å². The summed E-state index contributed by atoms with van der Waals surface area (Å²) in [6.07, 6.45) is 12.7. The molecule has 0 aliphatic carbocycles. The Morgan fingerprint density at radius 3 is 1.93 bits per heavy atom. The Morgan fingerprint density at radius 1 is 0.733 bits per heavy atom. The lowest BCUT2D eigenvalue weighted by Gasteiger charge is -2.27. The Labute approximate surface area is 183 Å². The summed E-state index contributed by atoms with van der Waals surface area (Å²) in [4.78, 5) is 4.79. The summed E-state index contributed by atoms with van der Waals surface area (Å²) in [5.74, 6) is 2.22. The zero-order valence-corrected chi connectivity index (χ0v) is 19.3. The highest BCUT2D eigenvalue weighted by Crippen LogP contribution is 2.39. The van der Waals surface area contributed by atoms with Crippen LogP contribution >= 0.6 is 0 Å². The smallest absolute Gasteiger partial charge is 0.144 e. The van der Waals surface area contributed by atoms with E-state index in [1.807, 2.05) is 6.20 Å². The zero-order chi connectivity index (χ0) is 21.3. The minimum Gasteiger partial charge on any atom is -0.299 e. The fourth-order valence-electron chi connectivity index (χ4n) is 4.88. The predicted molar refractivity (Wildman–Crippen MR) is 129 cm³/mol. The fraction of sp³-hybridized carbons (Fsp3) is 0.464. The van der Waals surface area contributed by atoms with Gasteiger partial charge >= 0.3 is 0 Å². The highest BCUT2D eigenvalue weighted by molar-refractivity contribution is 5.62. The first-order chi connectivity index (χ1) is 14.7. The third-order valence-electron chi connectivity index (χ3n) is 6.30.